The number of hydrogen-bond acceptors (Lipinski definition) is 6. The van der Waals surface area contributed by atoms with Gasteiger partial charge in [0.05, 0.1) is 30.9 Å². The lowest BCUT2D eigenvalue weighted by Crippen LogP contribution is -2.28. The molecule has 15 heteroatoms. The summed E-state index contributed by atoms with van der Waals surface area (Å²) >= 11 is 13.2. The first-order chi connectivity index (χ1) is 18.3. The van der Waals surface area contributed by atoms with Gasteiger partial charge in [0.25, 0.3) is 11.1 Å². The molecule has 3 aromatic carbocycles. The van der Waals surface area contributed by atoms with E-state index in [-0.39, 0.29) is 36.7 Å². The van der Waals surface area contributed by atoms with Crippen molar-refractivity contribution in [3.8, 4) is 11.5 Å². The first-order valence-corrected chi connectivity index (χ1v) is 13.2. The van der Waals surface area contributed by atoms with Crippen LogP contribution in [-0.2, 0) is 17.5 Å². The van der Waals surface area contributed by atoms with Gasteiger partial charge in [0.2, 0.25) is 5.75 Å². The van der Waals surface area contributed by atoms with E-state index in [4.69, 9.17) is 16.3 Å². The van der Waals surface area contributed by atoms with Gasteiger partial charge in [0.1, 0.15) is 5.82 Å². The van der Waals surface area contributed by atoms with Gasteiger partial charge in [0.15, 0.2) is 5.75 Å². The Hall–Kier alpha value is -2.94. The lowest BCUT2D eigenvalue weighted by atomic mass is 10.1. The van der Waals surface area contributed by atoms with E-state index in [1.54, 1.807) is 0 Å². The highest BCUT2D eigenvalue weighted by atomic mass is 79.9. The van der Waals surface area contributed by atoms with Crippen LogP contribution in [0.15, 0.2) is 62.4 Å². The molecular formula is C24H11Br2ClF4N2O5S. The molecule has 0 aliphatic carbocycles. The summed E-state index contributed by atoms with van der Waals surface area (Å²) in [6, 6.07) is 8.80. The molecule has 0 atom stereocenters. The van der Waals surface area contributed by atoms with Gasteiger partial charge in [0, 0.05) is 16.7 Å². The van der Waals surface area contributed by atoms with Crippen LogP contribution in [0, 0.1) is 15.9 Å². The molecule has 2 amide bonds. The van der Waals surface area contributed by atoms with Crippen LogP contribution in [0.1, 0.15) is 16.7 Å². The minimum Gasteiger partial charge on any atom is -0.448 e. The second-order valence-electron chi connectivity index (χ2n) is 7.82. The maximum atomic E-state index is 14.2. The van der Waals surface area contributed by atoms with Gasteiger partial charge < -0.3 is 4.74 Å². The molecule has 0 saturated carbocycles. The zero-order valence-corrected chi connectivity index (χ0v) is 23.6. The van der Waals surface area contributed by atoms with Gasteiger partial charge in [-0.3, -0.25) is 24.6 Å². The monoisotopic (exact) mass is 708 g/mol. The number of ether oxygens (including phenoxy) is 1. The highest BCUT2D eigenvalue weighted by Crippen LogP contribution is 2.43. The van der Waals surface area contributed by atoms with Crippen molar-refractivity contribution in [2.45, 2.75) is 12.7 Å². The lowest BCUT2D eigenvalue weighted by Gasteiger charge is -2.14. The van der Waals surface area contributed by atoms with E-state index in [2.05, 4.69) is 31.9 Å². The van der Waals surface area contributed by atoms with Gasteiger partial charge in [-0.05, 0) is 91.7 Å². The van der Waals surface area contributed by atoms with Gasteiger partial charge >= 0.3 is 11.9 Å². The number of alkyl halides is 3. The minimum absolute atomic E-state index is 0.00735. The number of nitro benzene ring substituents is 1. The van der Waals surface area contributed by atoms with Crippen molar-refractivity contribution in [2.75, 3.05) is 0 Å². The van der Waals surface area contributed by atoms with Crippen LogP contribution in [-0.4, -0.2) is 21.0 Å². The third-order valence-electron chi connectivity index (χ3n) is 5.26. The molecule has 0 bridgehead atoms. The maximum absolute atomic E-state index is 14.2. The van der Waals surface area contributed by atoms with Crippen LogP contribution in [0.25, 0.3) is 6.08 Å². The maximum Gasteiger partial charge on any atom is 0.416 e. The lowest BCUT2D eigenvalue weighted by molar-refractivity contribution is -0.385. The zero-order valence-electron chi connectivity index (χ0n) is 18.9. The van der Waals surface area contributed by atoms with Crippen LogP contribution < -0.4 is 4.74 Å². The molecule has 1 aliphatic heterocycles. The SMILES string of the molecule is O=C1S/C(=C\c2cc(Br)c(Oc3ccc(C(F)(F)F)cc3[N+](=O)[O-])c(Br)c2)C(=O)N1Cc1c(F)cccc1Cl. The first kappa shape index (κ1) is 29.1. The summed E-state index contributed by atoms with van der Waals surface area (Å²) in [6.07, 6.45) is -3.39. The molecule has 0 N–H and O–H groups in total. The number of rotatable bonds is 6. The molecule has 202 valence electrons. The average molecular weight is 711 g/mol. The van der Waals surface area contributed by atoms with Gasteiger partial charge in [-0.1, -0.05) is 17.7 Å². The fourth-order valence-electron chi connectivity index (χ4n) is 3.42. The second-order valence-corrected chi connectivity index (χ2v) is 10.9. The number of carbonyl (C=O) groups excluding carboxylic acids is 2. The molecule has 1 aliphatic rings. The van der Waals surface area contributed by atoms with E-state index < -0.39 is 45.1 Å². The Balaban J connectivity index is 1.60. The number of benzene rings is 3. The Labute approximate surface area is 243 Å². The summed E-state index contributed by atoms with van der Waals surface area (Å²) in [7, 11) is 0. The van der Waals surface area contributed by atoms with E-state index in [1.807, 2.05) is 0 Å². The molecule has 7 nitrogen and oxygen atoms in total. The Morgan fingerprint density at radius 1 is 1.10 bits per heavy atom. The average Bonchev–Trinajstić information content (AvgIpc) is 3.10. The third-order valence-corrected chi connectivity index (χ3v) is 7.70. The number of imide groups is 1. The number of amides is 2. The van der Waals surface area contributed by atoms with Crippen molar-refractivity contribution in [1.29, 1.82) is 0 Å². The van der Waals surface area contributed by atoms with Crippen molar-refractivity contribution in [3.63, 3.8) is 0 Å². The Morgan fingerprint density at radius 2 is 1.77 bits per heavy atom. The number of nitro groups is 1. The van der Waals surface area contributed by atoms with Crippen molar-refractivity contribution in [3.05, 3.63) is 100 Å². The summed E-state index contributed by atoms with van der Waals surface area (Å²) in [4.78, 5) is 36.6. The Bertz CT molecular complexity index is 1520. The second kappa shape index (κ2) is 11.3. The predicted molar refractivity (Wildman–Crippen MR) is 143 cm³/mol. The number of thioether (sulfide) groups is 1. The Kier molecular flexibility index (Phi) is 8.40. The molecule has 39 heavy (non-hydrogen) atoms. The van der Waals surface area contributed by atoms with Crippen LogP contribution >= 0.6 is 55.2 Å². The molecule has 3 aromatic rings. The molecule has 4 rings (SSSR count). The van der Waals surface area contributed by atoms with Gasteiger partial charge in [-0.25, -0.2) is 4.39 Å². The summed E-state index contributed by atoms with van der Waals surface area (Å²) in [5.41, 5.74) is -1.71. The minimum atomic E-state index is -4.78. The summed E-state index contributed by atoms with van der Waals surface area (Å²) in [5.74, 6) is -1.76. The largest absolute Gasteiger partial charge is 0.448 e. The third kappa shape index (κ3) is 6.29. The summed E-state index contributed by atoms with van der Waals surface area (Å²) in [6.45, 7) is -0.362. The summed E-state index contributed by atoms with van der Waals surface area (Å²) in [5, 5.41) is 10.8. The molecule has 1 heterocycles. The van der Waals surface area contributed by atoms with E-state index >= 15 is 0 Å². The fourth-order valence-corrected chi connectivity index (χ4v) is 5.87. The van der Waals surface area contributed by atoms with E-state index in [1.165, 1.54) is 30.3 Å². The predicted octanol–water partition coefficient (Wildman–Crippen LogP) is 8.96. The molecule has 1 saturated heterocycles. The zero-order chi connectivity index (χ0) is 28.6. The number of halogens is 7. The van der Waals surface area contributed by atoms with Gasteiger partial charge in [-0.2, -0.15) is 13.2 Å². The van der Waals surface area contributed by atoms with E-state index in [0.717, 1.165) is 17.0 Å². The normalized spacial score (nSPS) is 14.8. The number of carbonyl (C=O) groups is 2. The Morgan fingerprint density at radius 3 is 2.36 bits per heavy atom. The smallest absolute Gasteiger partial charge is 0.416 e. The van der Waals surface area contributed by atoms with Gasteiger partial charge in [-0.15, -0.1) is 0 Å². The van der Waals surface area contributed by atoms with Crippen molar-refractivity contribution < 1.29 is 36.8 Å². The van der Waals surface area contributed by atoms with Crippen LogP contribution in [0.4, 0.5) is 28.0 Å². The standard InChI is InChI=1S/C24H11Br2ClF4N2O5S/c25-14-6-11(8-20-22(34)32(23(35)39-20)10-13-16(27)2-1-3-17(13)28)7-15(26)21(14)38-19-5-4-12(24(29,30)31)9-18(19)33(36)37/h1-9H,10H2/b20-8-. The quantitative estimate of drug-likeness (QED) is 0.110. The molecule has 0 radical (unpaired) electrons. The van der Waals surface area contributed by atoms with Crippen molar-refractivity contribution in [1.82, 2.24) is 4.90 Å². The molecule has 0 spiro atoms. The van der Waals surface area contributed by atoms with Crippen LogP contribution in [0.5, 0.6) is 11.5 Å². The molecule has 0 unspecified atom stereocenters. The molecular weight excluding hydrogens is 700 g/mol. The fraction of sp³-hybridized carbons (Fsp3) is 0.0833. The first-order valence-electron chi connectivity index (χ1n) is 10.5. The number of nitrogens with zero attached hydrogens (tertiary/aromatic N) is 2. The van der Waals surface area contributed by atoms with E-state index in [0.29, 0.717) is 29.5 Å². The highest BCUT2D eigenvalue weighted by molar-refractivity contribution is 9.11. The van der Waals surface area contributed by atoms with E-state index in [9.17, 15) is 37.3 Å². The molecule has 1 fully saturated rings. The molecule has 0 aromatic heterocycles. The van der Waals surface area contributed by atoms with Crippen LogP contribution in [0.3, 0.4) is 0 Å². The number of hydrogen-bond donors (Lipinski definition) is 0. The highest BCUT2D eigenvalue weighted by Gasteiger charge is 2.36. The van der Waals surface area contributed by atoms with Crippen LogP contribution in [0.2, 0.25) is 5.02 Å². The summed E-state index contributed by atoms with van der Waals surface area (Å²) < 4.78 is 59.2. The topological polar surface area (TPSA) is 89.7 Å². The van der Waals surface area contributed by atoms with Crippen molar-refractivity contribution in [2.24, 2.45) is 0 Å². The van der Waals surface area contributed by atoms with Crippen molar-refractivity contribution >= 4 is 78.1 Å².